The van der Waals surface area contributed by atoms with Gasteiger partial charge in [0.2, 0.25) is 0 Å². The van der Waals surface area contributed by atoms with Gasteiger partial charge in [0.25, 0.3) is 0 Å². The normalized spacial score (nSPS) is 16.9. The summed E-state index contributed by atoms with van der Waals surface area (Å²) in [4.78, 5) is 25.2. The van der Waals surface area contributed by atoms with Crippen molar-refractivity contribution >= 4 is 11.9 Å². The summed E-state index contributed by atoms with van der Waals surface area (Å²) in [7, 11) is 0. The fourth-order valence-electron chi connectivity index (χ4n) is 3.22. The summed E-state index contributed by atoms with van der Waals surface area (Å²) in [5.41, 5.74) is 0.516. The first-order chi connectivity index (χ1) is 11.7. The van der Waals surface area contributed by atoms with Gasteiger partial charge in [0.05, 0.1) is 19.1 Å². The van der Waals surface area contributed by atoms with Crippen LogP contribution in [-0.4, -0.2) is 25.2 Å². The second kappa shape index (κ2) is 12.1. The molecule has 0 radical (unpaired) electrons. The molecule has 1 atom stereocenters. The standard InChI is InChI=1S/C20H34O4/c1-4-7-14-23-19(21)17(11-6-3)18(16-12-9-10-13-16)20(22)24-15-8-5-2/h11,16,18H,4-10,12-15H2,1-3H3. The van der Waals surface area contributed by atoms with E-state index in [1.54, 1.807) is 0 Å². The van der Waals surface area contributed by atoms with E-state index in [1.807, 2.05) is 13.0 Å². The maximum atomic E-state index is 12.7. The van der Waals surface area contributed by atoms with Crippen molar-refractivity contribution in [3.63, 3.8) is 0 Å². The molecule has 4 nitrogen and oxygen atoms in total. The number of allylic oxidation sites excluding steroid dienone is 1. The molecule has 1 aliphatic rings. The van der Waals surface area contributed by atoms with Crippen molar-refractivity contribution in [3.8, 4) is 0 Å². The molecule has 0 heterocycles. The first-order valence-electron chi connectivity index (χ1n) is 9.69. The number of hydrogen-bond donors (Lipinski definition) is 0. The van der Waals surface area contributed by atoms with Crippen LogP contribution in [0, 0.1) is 11.8 Å². The molecule has 0 aromatic carbocycles. The van der Waals surface area contributed by atoms with Gasteiger partial charge >= 0.3 is 11.9 Å². The van der Waals surface area contributed by atoms with Crippen LogP contribution in [0.4, 0.5) is 0 Å². The number of carbonyl (C=O) groups excluding carboxylic acids is 2. The Labute approximate surface area is 147 Å². The highest BCUT2D eigenvalue weighted by Crippen LogP contribution is 2.36. The zero-order valence-corrected chi connectivity index (χ0v) is 15.6. The minimum Gasteiger partial charge on any atom is -0.465 e. The van der Waals surface area contributed by atoms with Crippen molar-refractivity contribution < 1.29 is 19.1 Å². The van der Waals surface area contributed by atoms with Crippen LogP contribution in [0.3, 0.4) is 0 Å². The second-order valence-corrected chi connectivity index (χ2v) is 6.60. The van der Waals surface area contributed by atoms with Crippen LogP contribution in [0.25, 0.3) is 0 Å². The average molecular weight is 338 g/mol. The Balaban J connectivity index is 2.87. The molecule has 1 saturated carbocycles. The maximum Gasteiger partial charge on any atom is 0.334 e. The molecule has 0 aliphatic heterocycles. The molecular weight excluding hydrogens is 304 g/mol. The van der Waals surface area contributed by atoms with Gasteiger partial charge < -0.3 is 9.47 Å². The Morgan fingerprint density at radius 2 is 1.58 bits per heavy atom. The lowest BCUT2D eigenvalue weighted by Crippen LogP contribution is -2.31. The van der Waals surface area contributed by atoms with E-state index in [0.29, 0.717) is 25.2 Å². The van der Waals surface area contributed by atoms with Crippen LogP contribution in [0.2, 0.25) is 0 Å². The van der Waals surface area contributed by atoms with Crippen molar-refractivity contribution in [2.45, 2.75) is 78.6 Å². The van der Waals surface area contributed by atoms with Crippen molar-refractivity contribution in [2.75, 3.05) is 13.2 Å². The summed E-state index contributed by atoms with van der Waals surface area (Å²) < 4.78 is 10.9. The van der Waals surface area contributed by atoms with Crippen LogP contribution in [0.15, 0.2) is 11.6 Å². The molecule has 4 heteroatoms. The largest absolute Gasteiger partial charge is 0.465 e. The monoisotopic (exact) mass is 338 g/mol. The number of rotatable bonds is 11. The Hall–Kier alpha value is -1.32. The van der Waals surface area contributed by atoms with Crippen LogP contribution >= 0.6 is 0 Å². The molecule has 0 amide bonds. The predicted molar refractivity (Wildman–Crippen MR) is 95.6 cm³/mol. The third kappa shape index (κ3) is 6.66. The van der Waals surface area contributed by atoms with Gasteiger partial charge in [-0.1, -0.05) is 52.5 Å². The van der Waals surface area contributed by atoms with Crippen LogP contribution < -0.4 is 0 Å². The number of ether oxygens (including phenoxy) is 2. The highest BCUT2D eigenvalue weighted by atomic mass is 16.5. The van der Waals surface area contributed by atoms with E-state index >= 15 is 0 Å². The van der Waals surface area contributed by atoms with Crippen molar-refractivity contribution in [1.29, 1.82) is 0 Å². The highest BCUT2D eigenvalue weighted by Gasteiger charge is 2.37. The van der Waals surface area contributed by atoms with E-state index in [0.717, 1.165) is 51.4 Å². The van der Waals surface area contributed by atoms with Gasteiger partial charge in [-0.3, -0.25) is 4.79 Å². The molecule has 1 aliphatic carbocycles. The summed E-state index contributed by atoms with van der Waals surface area (Å²) in [5.74, 6) is -0.841. The third-order valence-corrected chi connectivity index (χ3v) is 4.59. The van der Waals surface area contributed by atoms with E-state index in [2.05, 4.69) is 13.8 Å². The minimum atomic E-state index is -0.460. The highest BCUT2D eigenvalue weighted by molar-refractivity contribution is 5.95. The lowest BCUT2D eigenvalue weighted by Gasteiger charge is -2.24. The molecule has 0 saturated heterocycles. The zero-order chi connectivity index (χ0) is 17.8. The van der Waals surface area contributed by atoms with Crippen molar-refractivity contribution in [2.24, 2.45) is 11.8 Å². The van der Waals surface area contributed by atoms with Gasteiger partial charge in [-0.05, 0) is 38.0 Å². The molecule has 0 spiro atoms. The van der Waals surface area contributed by atoms with E-state index in [9.17, 15) is 9.59 Å². The Morgan fingerprint density at radius 1 is 1.00 bits per heavy atom. The average Bonchev–Trinajstić information content (AvgIpc) is 3.09. The third-order valence-electron chi connectivity index (χ3n) is 4.59. The SMILES string of the molecule is CCC=C(C(=O)OCCCC)C(C(=O)OCCCC)C1CCCC1. The second-order valence-electron chi connectivity index (χ2n) is 6.60. The number of unbranched alkanes of at least 4 members (excludes halogenated alkanes) is 2. The molecule has 24 heavy (non-hydrogen) atoms. The molecule has 0 N–H and O–H groups in total. The van der Waals surface area contributed by atoms with E-state index in [-0.39, 0.29) is 17.9 Å². The number of carbonyl (C=O) groups is 2. The first-order valence-corrected chi connectivity index (χ1v) is 9.69. The molecule has 0 bridgehead atoms. The first kappa shape index (κ1) is 20.7. The van der Waals surface area contributed by atoms with Crippen molar-refractivity contribution in [3.05, 3.63) is 11.6 Å². The summed E-state index contributed by atoms with van der Waals surface area (Å²) >= 11 is 0. The summed E-state index contributed by atoms with van der Waals surface area (Å²) in [6.07, 6.45) is 10.4. The van der Waals surface area contributed by atoms with E-state index < -0.39 is 5.92 Å². The molecular formula is C20H34O4. The molecule has 1 rings (SSSR count). The fraction of sp³-hybridized carbons (Fsp3) is 0.800. The summed E-state index contributed by atoms with van der Waals surface area (Å²) in [6, 6.07) is 0. The Kier molecular flexibility index (Phi) is 10.4. The molecule has 1 unspecified atom stereocenters. The molecule has 0 aromatic rings. The Morgan fingerprint density at radius 3 is 2.12 bits per heavy atom. The van der Waals surface area contributed by atoms with Crippen LogP contribution in [0.1, 0.15) is 78.6 Å². The number of hydrogen-bond acceptors (Lipinski definition) is 4. The van der Waals surface area contributed by atoms with Crippen LogP contribution in [-0.2, 0) is 19.1 Å². The fourth-order valence-corrected chi connectivity index (χ4v) is 3.22. The predicted octanol–water partition coefficient (Wildman–Crippen LogP) is 4.82. The van der Waals surface area contributed by atoms with Gasteiger partial charge in [0.15, 0.2) is 0 Å². The lowest BCUT2D eigenvalue weighted by molar-refractivity contribution is -0.152. The minimum absolute atomic E-state index is 0.204. The molecule has 138 valence electrons. The van der Waals surface area contributed by atoms with Gasteiger partial charge in [-0.25, -0.2) is 4.79 Å². The lowest BCUT2D eigenvalue weighted by atomic mass is 9.84. The maximum absolute atomic E-state index is 12.7. The van der Waals surface area contributed by atoms with Crippen molar-refractivity contribution in [1.82, 2.24) is 0 Å². The van der Waals surface area contributed by atoms with Gasteiger partial charge in [0, 0.05) is 5.57 Å². The van der Waals surface area contributed by atoms with Gasteiger partial charge in [-0.15, -0.1) is 0 Å². The van der Waals surface area contributed by atoms with Gasteiger partial charge in [0.1, 0.15) is 0 Å². The van der Waals surface area contributed by atoms with E-state index in [1.165, 1.54) is 0 Å². The van der Waals surface area contributed by atoms with Crippen LogP contribution in [0.5, 0.6) is 0 Å². The summed E-state index contributed by atoms with van der Waals surface area (Å²) in [5, 5.41) is 0. The van der Waals surface area contributed by atoms with Gasteiger partial charge in [-0.2, -0.15) is 0 Å². The quantitative estimate of drug-likeness (QED) is 0.308. The van der Waals surface area contributed by atoms with E-state index in [4.69, 9.17) is 9.47 Å². The molecule has 0 aromatic heterocycles. The smallest absolute Gasteiger partial charge is 0.334 e. The summed E-state index contributed by atoms with van der Waals surface area (Å²) in [6.45, 7) is 6.95. The Bertz CT molecular complexity index is 408. The number of esters is 2. The molecule has 1 fully saturated rings. The zero-order valence-electron chi connectivity index (χ0n) is 15.6. The topological polar surface area (TPSA) is 52.6 Å².